The standard InChI is InChI=1S/C15H19N3S/c1-10-4-5-14-12(9-10)17-15(19-14)16-11-6-8-18-7-2-3-13(11)18/h4-5,9,11,13H,2-3,6-8H2,1H3,(H,16,17). The summed E-state index contributed by atoms with van der Waals surface area (Å²) in [6.45, 7) is 4.67. The van der Waals surface area contributed by atoms with Crippen LogP contribution in [-0.4, -0.2) is 35.1 Å². The van der Waals surface area contributed by atoms with Crippen LogP contribution in [-0.2, 0) is 0 Å². The number of anilines is 1. The molecular formula is C15H19N3S. The van der Waals surface area contributed by atoms with Crippen molar-refractivity contribution in [3.63, 3.8) is 0 Å². The van der Waals surface area contributed by atoms with E-state index in [1.54, 1.807) is 11.3 Å². The summed E-state index contributed by atoms with van der Waals surface area (Å²) in [7, 11) is 0. The molecular weight excluding hydrogens is 254 g/mol. The van der Waals surface area contributed by atoms with E-state index in [-0.39, 0.29) is 0 Å². The molecule has 2 fully saturated rings. The third-order valence-corrected chi connectivity index (χ3v) is 5.43. The van der Waals surface area contributed by atoms with Crippen LogP contribution in [0.4, 0.5) is 5.13 Å². The number of aromatic nitrogens is 1. The van der Waals surface area contributed by atoms with Crippen molar-refractivity contribution in [1.29, 1.82) is 0 Å². The minimum absolute atomic E-state index is 0.601. The van der Waals surface area contributed by atoms with Gasteiger partial charge >= 0.3 is 0 Å². The highest BCUT2D eigenvalue weighted by Crippen LogP contribution is 2.32. The van der Waals surface area contributed by atoms with E-state index in [2.05, 4.69) is 35.3 Å². The number of rotatable bonds is 2. The van der Waals surface area contributed by atoms with Gasteiger partial charge in [-0.25, -0.2) is 4.98 Å². The number of hydrogen-bond acceptors (Lipinski definition) is 4. The molecule has 19 heavy (non-hydrogen) atoms. The van der Waals surface area contributed by atoms with Crippen molar-refractivity contribution in [3.8, 4) is 0 Å². The fourth-order valence-corrected chi connectivity index (χ4v) is 4.42. The van der Waals surface area contributed by atoms with Gasteiger partial charge in [0.2, 0.25) is 0 Å². The average Bonchev–Trinajstić information content (AvgIpc) is 3.05. The molecule has 2 aromatic rings. The minimum Gasteiger partial charge on any atom is -0.357 e. The molecule has 3 nitrogen and oxygen atoms in total. The van der Waals surface area contributed by atoms with Gasteiger partial charge in [-0.05, 0) is 50.4 Å². The summed E-state index contributed by atoms with van der Waals surface area (Å²) in [5.74, 6) is 0. The van der Waals surface area contributed by atoms with Crippen molar-refractivity contribution in [2.24, 2.45) is 0 Å². The predicted octanol–water partition coefficient (Wildman–Crippen LogP) is 3.25. The Labute approximate surface area is 117 Å². The Morgan fingerprint density at radius 2 is 2.26 bits per heavy atom. The van der Waals surface area contributed by atoms with Crippen LogP contribution in [0, 0.1) is 6.92 Å². The van der Waals surface area contributed by atoms with Gasteiger partial charge < -0.3 is 5.32 Å². The number of nitrogens with one attached hydrogen (secondary N) is 1. The van der Waals surface area contributed by atoms with Crippen LogP contribution in [0.2, 0.25) is 0 Å². The third-order valence-electron chi connectivity index (χ3n) is 4.46. The van der Waals surface area contributed by atoms with Crippen molar-refractivity contribution in [1.82, 2.24) is 9.88 Å². The first-order valence-corrected chi connectivity index (χ1v) is 7.99. The summed E-state index contributed by atoms with van der Waals surface area (Å²) in [4.78, 5) is 7.37. The van der Waals surface area contributed by atoms with Gasteiger partial charge in [0.05, 0.1) is 10.2 Å². The Hall–Kier alpha value is -1.13. The molecule has 2 aliphatic rings. The number of aryl methyl sites for hydroxylation is 1. The highest BCUT2D eigenvalue weighted by atomic mass is 32.1. The molecule has 0 aliphatic carbocycles. The Balaban J connectivity index is 1.58. The highest BCUT2D eigenvalue weighted by molar-refractivity contribution is 7.22. The van der Waals surface area contributed by atoms with Crippen LogP contribution in [0.5, 0.6) is 0 Å². The molecule has 2 saturated heterocycles. The van der Waals surface area contributed by atoms with Crippen molar-refractivity contribution < 1.29 is 0 Å². The van der Waals surface area contributed by atoms with Gasteiger partial charge in [-0.15, -0.1) is 0 Å². The molecule has 0 spiro atoms. The second kappa shape index (κ2) is 4.46. The highest BCUT2D eigenvalue weighted by Gasteiger charge is 2.37. The van der Waals surface area contributed by atoms with Gasteiger partial charge in [0.1, 0.15) is 0 Å². The van der Waals surface area contributed by atoms with Crippen molar-refractivity contribution in [2.75, 3.05) is 18.4 Å². The van der Waals surface area contributed by atoms with Crippen LogP contribution in [0.1, 0.15) is 24.8 Å². The van der Waals surface area contributed by atoms with E-state index in [1.165, 1.54) is 42.6 Å². The molecule has 1 N–H and O–H groups in total. The molecule has 0 saturated carbocycles. The van der Waals surface area contributed by atoms with Gasteiger partial charge in [0.25, 0.3) is 0 Å². The van der Waals surface area contributed by atoms with Crippen molar-refractivity contribution in [3.05, 3.63) is 23.8 Å². The Morgan fingerprint density at radius 3 is 3.21 bits per heavy atom. The average molecular weight is 273 g/mol. The van der Waals surface area contributed by atoms with Gasteiger partial charge in [-0.3, -0.25) is 4.90 Å². The van der Waals surface area contributed by atoms with Crippen LogP contribution in [0.25, 0.3) is 10.2 Å². The van der Waals surface area contributed by atoms with Gasteiger partial charge in [0, 0.05) is 18.6 Å². The van der Waals surface area contributed by atoms with Gasteiger partial charge in [-0.2, -0.15) is 0 Å². The van der Waals surface area contributed by atoms with E-state index in [9.17, 15) is 0 Å². The van der Waals surface area contributed by atoms with Gasteiger partial charge in [-0.1, -0.05) is 17.4 Å². The monoisotopic (exact) mass is 273 g/mol. The fraction of sp³-hybridized carbons (Fsp3) is 0.533. The lowest BCUT2D eigenvalue weighted by Crippen LogP contribution is -2.33. The molecule has 2 aliphatic heterocycles. The zero-order valence-electron chi connectivity index (χ0n) is 11.2. The van der Waals surface area contributed by atoms with Crippen molar-refractivity contribution in [2.45, 2.75) is 38.3 Å². The molecule has 3 heterocycles. The molecule has 2 unspecified atom stereocenters. The molecule has 1 aromatic carbocycles. The number of fused-ring (bicyclic) bond motifs is 2. The fourth-order valence-electron chi connectivity index (χ4n) is 3.51. The summed E-state index contributed by atoms with van der Waals surface area (Å²) in [5, 5.41) is 4.78. The number of thiazole rings is 1. The van der Waals surface area contributed by atoms with Crippen LogP contribution < -0.4 is 5.32 Å². The molecule has 0 radical (unpaired) electrons. The number of hydrogen-bond donors (Lipinski definition) is 1. The molecule has 2 atom stereocenters. The topological polar surface area (TPSA) is 28.2 Å². The van der Waals surface area contributed by atoms with E-state index in [4.69, 9.17) is 4.98 Å². The molecule has 0 bridgehead atoms. The summed E-state index contributed by atoms with van der Waals surface area (Å²) < 4.78 is 1.29. The lowest BCUT2D eigenvalue weighted by molar-refractivity contribution is 0.318. The summed E-state index contributed by atoms with van der Waals surface area (Å²) in [6, 6.07) is 7.87. The van der Waals surface area contributed by atoms with E-state index in [0.29, 0.717) is 6.04 Å². The molecule has 0 amide bonds. The maximum atomic E-state index is 4.74. The maximum Gasteiger partial charge on any atom is 0.184 e. The SMILES string of the molecule is Cc1ccc2sc(NC3CCN4CCCC34)nc2c1. The molecule has 4 heteroatoms. The maximum absolute atomic E-state index is 4.74. The van der Waals surface area contributed by atoms with Gasteiger partial charge in [0.15, 0.2) is 5.13 Å². The lowest BCUT2D eigenvalue weighted by atomic mass is 10.1. The number of nitrogens with zero attached hydrogens (tertiary/aromatic N) is 2. The van der Waals surface area contributed by atoms with E-state index >= 15 is 0 Å². The molecule has 4 rings (SSSR count). The van der Waals surface area contributed by atoms with Crippen LogP contribution >= 0.6 is 11.3 Å². The quantitative estimate of drug-likeness (QED) is 0.910. The van der Waals surface area contributed by atoms with Crippen molar-refractivity contribution >= 4 is 26.7 Å². The first kappa shape index (κ1) is 11.7. The first-order valence-electron chi connectivity index (χ1n) is 7.17. The Morgan fingerprint density at radius 1 is 1.32 bits per heavy atom. The zero-order valence-corrected chi connectivity index (χ0v) is 12.0. The molecule has 1 aromatic heterocycles. The van der Waals surface area contributed by atoms with Crippen LogP contribution in [0.15, 0.2) is 18.2 Å². The third kappa shape index (κ3) is 2.03. The lowest BCUT2D eigenvalue weighted by Gasteiger charge is -2.20. The predicted molar refractivity (Wildman–Crippen MR) is 81.0 cm³/mol. The normalized spacial score (nSPS) is 27.0. The first-order chi connectivity index (χ1) is 9.29. The second-order valence-electron chi connectivity index (χ2n) is 5.78. The molecule has 100 valence electrons. The number of benzene rings is 1. The second-order valence-corrected chi connectivity index (χ2v) is 6.81. The van der Waals surface area contributed by atoms with Crippen LogP contribution in [0.3, 0.4) is 0 Å². The smallest absolute Gasteiger partial charge is 0.184 e. The summed E-state index contributed by atoms with van der Waals surface area (Å²) >= 11 is 1.79. The zero-order chi connectivity index (χ0) is 12.8. The Bertz CT molecular complexity index is 606. The summed E-state index contributed by atoms with van der Waals surface area (Å²) in [6.07, 6.45) is 3.98. The minimum atomic E-state index is 0.601. The Kier molecular flexibility index (Phi) is 2.74. The largest absolute Gasteiger partial charge is 0.357 e. The van der Waals surface area contributed by atoms with E-state index in [0.717, 1.165) is 16.7 Å². The summed E-state index contributed by atoms with van der Waals surface area (Å²) in [5.41, 5.74) is 2.42. The van der Waals surface area contributed by atoms with E-state index in [1.807, 2.05) is 0 Å². The van der Waals surface area contributed by atoms with E-state index < -0.39 is 0 Å².